The first-order chi connectivity index (χ1) is 15.2. The first-order valence-electron chi connectivity index (χ1n) is 10.5. The molecule has 158 valence electrons. The highest BCUT2D eigenvalue weighted by Gasteiger charge is 2.28. The Balaban J connectivity index is 1.68. The van der Waals surface area contributed by atoms with Gasteiger partial charge in [-0.05, 0) is 49.1 Å². The van der Waals surface area contributed by atoms with E-state index in [1.807, 2.05) is 54.0 Å². The molecule has 4 aromatic rings. The highest BCUT2D eigenvalue weighted by atomic mass is 32.1. The van der Waals surface area contributed by atoms with E-state index < -0.39 is 0 Å². The van der Waals surface area contributed by atoms with Crippen molar-refractivity contribution in [1.29, 1.82) is 0 Å². The Morgan fingerprint density at radius 3 is 2.65 bits per heavy atom. The largest absolute Gasteiger partial charge is 0.486 e. The van der Waals surface area contributed by atoms with Gasteiger partial charge in [0.05, 0.1) is 0 Å². The van der Waals surface area contributed by atoms with E-state index in [4.69, 9.17) is 22.1 Å². The number of thiocarbonyl (C=S) groups is 1. The molecule has 0 saturated carbocycles. The summed E-state index contributed by atoms with van der Waals surface area (Å²) in [5.41, 5.74) is 5.08. The van der Waals surface area contributed by atoms with Crippen molar-refractivity contribution in [2.24, 2.45) is 0 Å². The van der Waals surface area contributed by atoms with Crippen molar-refractivity contribution in [3.63, 3.8) is 0 Å². The van der Waals surface area contributed by atoms with Crippen LogP contribution in [0.2, 0.25) is 0 Å². The summed E-state index contributed by atoms with van der Waals surface area (Å²) in [5, 5.41) is 8.04. The molecular formula is C24H23FN4OS. The van der Waals surface area contributed by atoms with Crippen LogP contribution in [0.5, 0.6) is 5.75 Å². The Morgan fingerprint density at radius 1 is 1.13 bits per heavy atom. The van der Waals surface area contributed by atoms with E-state index in [2.05, 4.69) is 9.88 Å². The fourth-order valence-electron chi connectivity index (χ4n) is 4.33. The van der Waals surface area contributed by atoms with Gasteiger partial charge in [-0.1, -0.05) is 42.5 Å². The third-order valence-electron chi connectivity index (χ3n) is 5.75. The summed E-state index contributed by atoms with van der Waals surface area (Å²) in [6, 6.07) is 16.4. The van der Waals surface area contributed by atoms with Crippen molar-refractivity contribution in [3.05, 3.63) is 77.5 Å². The third-order valence-corrected chi connectivity index (χ3v) is 6.15. The van der Waals surface area contributed by atoms with E-state index in [-0.39, 0.29) is 5.82 Å². The van der Waals surface area contributed by atoms with Crippen LogP contribution in [0.15, 0.2) is 54.6 Å². The third kappa shape index (κ3) is 3.49. The minimum Gasteiger partial charge on any atom is -0.486 e. The minimum atomic E-state index is -0.251. The van der Waals surface area contributed by atoms with Crippen molar-refractivity contribution in [3.8, 4) is 16.9 Å². The van der Waals surface area contributed by atoms with E-state index in [9.17, 15) is 4.39 Å². The lowest BCUT2D eigenvalue weighted by atomic mass is 9.98. The Labute approximate surface area is 185 Å². The molecule has 0 atom stereocenters. The zero-order chi connectivity index (χ0) is 21.4. The minimum absolute atomic E-state index is 0.251. The van der Waals surface area contributed by atoms with Crippen LogP contribution in [-0.4, -0.2) is 26.2 Å². The van der Waals surface area contributed by atoms with Crippen LogP contribution in [0.1, 0.15) is 29.9 Å². The standard InChI is InChI=1S/C24H23FN4OS/c1-26-23(31)22-21(16-10-12-17(25)13-11-16)19-9-5-6-14-28-20(27-29(22)24(19)28)15-30-18-7-3-2-4-8-18/h2-4,7-8,10-13H,5-6,9,14-15H2,1H3,(H,26,31). The van der Waals surface area contributed by atoms with Gasteiger partial charge >= 0.3 is 0 Å². The summed E-state index contributed by atoms with van der Waals surface area (Å²) >= 11 is 5.69. The fourth-order valence-corrected chi connectivity index (χ4v) is 4.52. The molecule has 2 aromatic heterocycles. The molecule has 1 N–H and O–H groups in total. The van der Waals surface area contributed by atoms with Crippen LogP contribution in [0, 0.1) is 5.82 Å². The number of halogens is 1. The number of ether oxygens (including phenoxy) is 1. The molecule has 0 radical (unpaired) electrons. The van der Waals surface area contributed by atoms with Crippen molar-refractivity contribution in [2.45, 2.75) is 32.4 Å². The van der Waals surface area contributed by atoms with Gasteiger partial charge in [-0.2, -0.15) is 0 Å². The van der Waals surface area contributed by atoms with Gasteiger partial charge in [-0.15, -0.1) is 5.10 Å². The molecular weight excluding hydrogens is 411 g/mol. The number of aryl methyl sites for hydroxylation is 2. The van der Waals surface area contributed by atoms with Crippen LogP contribution in [0.4, 0.5) is 4.39 Å². The Morgan fingerprint density at radius 2 is 1.90 bits per heavy atom. The summed E-state index contributed by atoms with van der Waals surface area (Å²) in [6.45, 7) is 1.26. The molecule has 0 saturated heterocycles. The predicted molar refractivity (Wildman–Crippen MR) is 123 cm³/mol. The molecule has 1 aliphatic heterocycles. The van der Waals surface area contributed by atoms with Crippen LogP contribution < -0.4 is 10.1 Å². The van der Waals surface area contributed by atoms with Crippen molar-refractivity contribution in [2.75, 3.05) is 7.05 Å². The van der Waals surface area contributed by atoms with E-state index in [0.29, 0.717) is 11.6 Å². The fraction of sp³-hybridized carbons (Fsp3) is 0.250. The van der Waals surface area contributed by atoms with Crippen molar-refractivity contribution in [1.82, 2.24) is 19.5 Å². The van der Waals surface area contributed by atoms with Gasteiger partial charge in [-0.25, -0.2) is 8.91 Å². The second-order valence-electron chi connectivity index (χ2n) is 7.65. The van der Waals surface area contributed by atoms with Crippen molar-refractivity contribution < 1.29 is 9.13 Å². The zero-order valence-electron chi connectivity index (χ0n) is 17.3. The molecule has 2 aromatic carbocycles. The highest BCUT2D eigenvalue weighted by Crippen LogP contribution is 2.37. The average molecular weight is 435 g/mol. The van der Waals surface area contributed by atoms with Gasteiger partial charge in [0.15, 0.2) is 5.82 Å². The predicted octanol–water partition coefficient (Wildman–Crippen LogP) is 4.75. The normalized spacial score (nSPS) is 13.2. The summed E-state index contributed by atoms with van der Waals surface area (Å²) in [7, 11) is 1.82. The maximum atomic E-state index is 13.6. The molecule has 0 unspecified atom stereocenters. The van der Waals surface area contributed by atoms with Gasteiger partial charge in [0.2, 0.25) is 0 Å². The number of nitrogens with one attached hydrogen (secondary N) is 1. The van der Waals surface area contributed by atoms with Gasteiger partial charge in [-0.3, -0.25) is 0 Å². The quantitative estimate of drug-likeness (QED) is 0.460. The molecule has 0 fully saturated rings. The molecule has 0 amide bonds. The molecule has 0 aliphatic carbocycles. The maximum Gasteiger partial charge on any atom is 0.169 e. The molecule has 3 heterocycles. The molecule has 7 heteroatoms. The summed E-state index contributed by atoms with van der Waals surface area (Å²) < 4.78 is 23.8. The topological polar surface area (TPSA) is 43.5 Å². The van der Waals surface area contributed by atoms with E-state index in [1.54, 1.807) is 0 Å². The van der Waals surface area contributed by atoms with Gasteiger partial charge in [0.25, 0.3) is 0 Å². The summed E-state index contributed by atoms with van der Waals surface area (Å²) in [6.07, 6.45) is 3.06. The van der Waals surface area contributed by atoms with Crippen LogP contribution >= 0.6 is 12.2 Å². The molecule has 5 nitrogen and oxygen atoms in total. The van der Waals surface area contributed by atoms with E-state index in [1.165, 1.54) is 17.7 Å². The first kappa shape index (κ1) is 19.8. The Kier molecular flexibility index (Phi) is 5.19. The van der Waals surface area contributed by atoms with Crippen LogP contribution in [-0.2, 0) is 19.6 Å². The second-order valence-corrected chi connectivity index (χ2v) is 8.06. The number of aromatic nitrogens is 3. The first-order valence-corrected chi connectivity index (χ1v) is 10.9. The second kappa shape index (κ2) is 8.15. The highest BCUT2D eigenvalue weighted by molar-refractivity contribution is 7.80. The van der Waals surface area contributed by atoms with E-state index in [0.717, 1.165) is 59.8 Å². The maximum absolute atomic E-state index is 13.6. The lowest BCUT2D eigenvalue weighted by molar-refractivity contribution is 0.288. The molecule has 31 heavy (non-hydrogen) atoms. The number of hydrogen-bond donors (Lipinski definition) is 1. The molecule has 0 bridgehead atoms. The van der Waals surface area contributed by atoms with Crippen LogP contribution in [0.3, 0.4) is 0 Å². The number of para-hydroxylation sites is 1. The van der Waals surface area contributed by atoms with Gasteiger partial charge < -0.3 is 14.6 Å². The van der Waals surface area contributed by atoms with Crippen molar-refractivity contribution >= 4 is 22.9 Å². The van der Waals surface area contributed by atoms with E-state index >= 15 is 0 Å². The lowest BCUT2D eigenvalue weighted by Gasteiger charge is -2.10. The monoisotopic (exact) mass is 434 g/mol. The molecule has 5 rings (SSSR count). The molecule has 0 spiro atoms. The number of rotatable bonds is 5. The Bertz CT molecular complexity index is 1240. The summed E-state index contributed by atoms with van der Waals surface area (Å²) in [5.74, 6) is 1.43. The number of nitrogens with zero attached hydrogens (tertiary/aromatic N) is 3. The van der Waals surface area contributed by atoms with Gasteiger partial charge in [0.1, 0.15) is 34.5 Å². The molecule has 1 aliphatic rings. The van der Waals surface area contributed by atoms with Gasteiger partial charge in [0, 0.05) is 24.7 Å². The zero-order valence-corrected chi connectivity index (χ0v) is 18.1. The Hall–Kier alpha value is -3.19. The van der Waals surface area contributed by atoms with Crippen LogP contribution in [0.25, 0.3) is 16.8 Å². The number of hydrogen-bond acceptors (Lipinski definition) is 3. The summed E-state index contributed by atoms with van der Waals surface area (Å²) in [4.78, 5) is 0.612. The number of benzene rings is 2. The average Bonchev–Trinajstić information content (AvgIpc) is 3.20. The lowest BCUT2D eigenvalue weighted by Crippen LogP contribution is -2.20. The SMILES string of the molecule is CNC(=S)c1c(-c2ccc(F)cc2)c2c3n(c(COc4ccccc4)nn13)CCCC2. The smallest absolute Gasteiger partial charge is 0.169 e.